The van der Waals surface area contributed by atoms with Crippen LogP contribution in [-0.2, 0) is 30.1 Å². The second-order valence-electron chi connectivity index (χ2n) is 8.85. The normalized spacial score (nSPS) is 11.7. The van der Waals surface area contributed by atoms with Gasteiger partial charge < -0.3 is 14.0 Å². The van der Waals surface area contributed by atoms with Crippen LogP contribution in [0.5, 0.6) is 0 Å². The van der Waals surface area contributed by atoms with E-state index in [1.54, 1.807) is 29.8 Å². The van der Waals surface area contributed by atoms with E-state index < -0.39 is 0 Å². The third-order valence-electron chi connectivity index (χ3n) is 6.55. The molecule has 0 radical (unpaired) electrons. The molecule has 0 aliphatic heterocycles. The molecule has 2 aromatic carbocycles. The molecule has 0 saturated carbocycles. The highest BCUT2D eigenvalue weighted by molar-refractivity contribution is 6.36. The number of fused-ring (bicyclic) bond motifs is 3. The number of ether oxygens (including phenoxy) is 2. The van der Waals surface area contributed by atoms with Crippen LogP contribution in [0.25, 0.3) is 44.3 Å². The van der Waals surface area contributed by atoms with Gasteiger partial charge in [-0.2, -0.15) is 5.10 Å². The predicted molar refractivity (Wildman–Crippen MR) is 150 cm³/mol. The molecule has 0 aliphatic rings. The fourth-order valence-electron chi connectivity index (χ4n) is 4.71. The zero-order valence-electron chi connectivity index (χ0n) is 21.0. The Hall–Kier alpha value is -3.10. The zero-order valence-corrected chi connectivity index (χ0v) is 22.5. The molecule has 3 aromatic heterocycles. The van der Waals surface area contributed by atoms with E-state index in [0.29, 0.717) is 54.1 Å². The molecule has 0 fully saturated rings. The Kier molecular flexibility index (Phi) is 7.40. The molecule has 0 aliphatic carbocycles. The van der Waals surface area contributed by atoms with Crippen molar-refractivity contribution in [3.8, 4) is 22.4 Å². The third kappa shape index (κ3) is 4.92. The summed E-state index contributed by atoms with van der Waals surface area (Å²) in [5.41, 5.74) is 4.79. The highest BCUT2D eigenvalue weighted by atomic mass is 35.5. The van der Waals surface area contributed by atoms with Crippen molar-refractivity contribution in [2.24, 2.45) is 14.1 Å². The van der Waals surface area contributed by atoms with E-state index in [-0.39, 0.29) is 5.56 Å². The van der Waals surface area contributed by atoms with Crippen LogP contribution in [0.3, 0.4) is 0 Å². The molecule has 0 bridgehead atoms. The van der Waals surface area contributed by atoms with E-state index in [4.69, 9.17) is 37.8 Å². The fourth-order valence-corrected chi connectivity index (χ4v) is 5.22. The Morgan fingerprint density at radius 3 is 2.46 bits per heavy atom. The Labute approximate surface area is 224 Å². The average molecular weight is 539 g/mol. The molecule has 7 nitrogen and oxygen atoms in total. The van der Waals surface area contributed by atoms with Gasteiger partial charge in [0.25, 0.3) is 5.56 Å². The van der Waals surface area contributed by atoms with E-state index >= 15 is 0 Å². The molecule has 5 rings (SSSR count). The van der Waals surface area contributed by atoms with Gasteiger partial charge in [0.05, 0.1) is 42.6 Å². The molecular weight excluding hydrogens is 511 g/mol. The Balaban J connectivity index is 1.52. The number of aryl methyl sites for hydroxylation is 2. The van der Waals surface area contributed by atoms with Crippen molar-refractivity contribution < 1.29 is 9.47 Å². The molecule has 0 spiro atoms. The summed E-state index contributed by atoms with van der Waals surface area (Å²) in [7, 11) is 3.76. The average Bonchev–Trinajstić information content (AvgIpc) is 3.46. The van der Waals surface area contributed by atoms with E-state index in [1.807, 2.05) is 41.5 Å². The van der Waals surface area contributed by atoms with Gasteiger partial charge in [0.2, 0.25) is 0 Å². The van der Waals surface area contributed by atoms with Crippen LogP contribution in [0.1, 0.15) is 6.92 Å². The van der Waals surface area contributed by atoms with Crippen LogP contribution < -0.4 is 5.56 Å². The summed E-state index contributed by atoms with van der Waals surface area (Å²) in [6, 6.07) is 15.4. The van der Waals surface area contributed by atoms with Crippen LogP contribution in [0.15, 0.2) is 59.5 Å². The van der Waals surface area contributed by atoms with Crippen LogP contribution in [0.2, 0.25) is 10.0 Å². The lowest BCUT2D eigenvalue weighted by atomic mass is 10.0. The van der Waals surface area contributed by atoms with Crippen molar-refractivity contribution in [1.82, 2.24) is 18.9 Å². The monoisotopic (exact) mass is 538 g/mol. The molecule has 9 heteroatoms. The zero-order chi connectivity index (χ0) is 26.1. The smallest absolute Gasteiger partial charge is 0.259 e. The number of nitrogens with zero attached hydrogens (tertiary/aromatic N) is 4. The van der Waals surface area contributed by atoms with Gasteiger partial charge in [0, 0.05) is 59.4 Å². The topological polar surface area (TPSA) is 63.2 Å². The Morgan fingerprint density at radius 1 is 0.865 bits per heavy atom. The first-order chi connectivity index (χ1) is 17.9. The lowest BCUT2D eigenvalue weighted by molar-refractivity contribution is 0.0488. The summed E-state index contributed by atoms with van der Waals surface area (Å²) in [6.07, 6.45) is 1.96. The van der Waals surface area contributed by atoms with E-state index in [0.717, 1.165) is 33.2 Å². The SMILES string of the molecule is CCOCCOCCn1ccc(-c2ccc3c(c2)c2cc(-c4ccc(Cl)cc4Cl)c(=O)n(C)c2n3C)n1. The third-order valence-corrected chi connectivity index (χ3v) is 7.09. The number of pyridine rings is 1. The summed E-state index contributed by atoms with van der Waals surface area (Å²) in [5.74, 6) is 0. The van der Waals surface area contributed by atoms with Gasteiger partial charge in [-0.05, 0) is 43.3 Å². The first kappa shape index (κ1) is 25.5. The number of rotatable bonds is 9. The largest absolute Gasteiger partial charge is 0.379 e. The molecule has 0 amide bonds. The number of hydrogen-bond donors (Lipinski definition) is 0. The maximum atomic E-state index is 13.3. The quantitative estimate of drug-likeness (QED) is 0.218. The molecule has 192 valence electrons. The van der Waals surface area contributed by atoms with Crippen molar-refractivity contribution in [1.29, 1.82) is 0 Å². The lowest BCUT2D eigenvalue weighted by Crippen LogP contribution is -2.20. The number of hydrogen-bond acceptors (Lipinski definition) is 4. The standard InChI is InChI=1S/C28H28Cl2N4O3/c1-4-36-13-14-37-12-11-34-10-9-25(31-34)18-5-8-26-21(15-18)22-17-23(20-7-6-19(29)16-24(20)30)28(35)33(3)27(22)32(26)2/h5-10,15-17H,4,11-14H2,1-3H3. The maximum Gasteiger partial charge on any atom is 0.259 e. The second kappa shape index (κ2) is 10.7. The van der Waals surface area contributed by atoms with Gasteiger partial charge in [-0.1, -0.05) is 35.3 Å². The van der Waals surface area contributed by atoms with Crippen molar-refractivity contribution in [2.75, 3.05) is 26.4 Å². The van der Waals surface area contributed by atoms with Crippen molar-refractivity contribution in [3.05, 3.63) is 75.1 Å². The first-order valence-electron chi connectivity index (χ1n) is 12.2. The van der Waals surface area contributed by atoms with Crippen molar-refractivity contribution >= 4 is 45.1 Å². The first-order valence-corrected chi connectivity index (χ1v) is 12.9. The molecule has 5 aromatic rings. The highest BCUT2D eigenvalue weighted by Crippen LogP contribution is 2.35. The minimum atomic E-state index is -0.120. The number of aromatic nitrogens is 4. The van der Waals surface area contributed by atoms with Crippen LogP contribution in [0, 0.1) is 0 Å². The van der Waals surface area contributed by atoms with E-state index in [1.165, 1.54) is 0 Å². The van der Waals surface area contributed by atoms with E-state index in [2.05, 4.69) is 18.2 Å². The predicted octanol–water partition coefficient (Wildman–Crippen LogP) is 5.92. The van der Waals surface area contributed by atoms with Gasteiger partial charge in [-0.25, -0.2) is 0 Å². The van der Waals surface area contributed by atoms with Crippen LogP contribution >= 0.6 is 23.2 Å². The van der Waals surface area contributed by atoms with Gasteiger partial charge in [0.1, 0.15) is 5.65 Å². The van der Waals surface area contributed by atoms with Crippen LogP contribution in [-0.4, -0.2) is 45.3 Å². The number of halogens is 2. The molecule has 0 N–H and O–H groups in total. The molecule has 3 heterocycles. The molecule has 0 unspecified atom stereocenters. The fraction of sp³-hybridized carbons (Fsp3) is 0.286. The van der Waals surface area contributed by atoms with Crippen molar-refractivity contribution in [3.63, 3.8) is 0 Å². The molecule has 0 atom stereocenters. The summed E-state index contributed by atoms with van der Waals surface area (Å²) in [5, 5.41) is 7.70. The van der Waals surface area contributed by atoms with Gasteiger partial charge >= 0.3 is 0 Å². The molecule has 0 saturated heterocycles. The Morgan fingerprint density at radius 2 is 1.68 bits per heavy atom. The summed E-state index contributed by atoms with van der Waals surface area (Å²) in [6.45, 7) is 5.07. The summed E-state index contributed by atoms with van der Waals surface area (Å²) < 4.78 is 16.5. The lowest BCUT2D eigenvalue weighted by Gasteiger charge is -2.09. The van der Waals surface area contributed by atoms with Crippen LogP contribution in [0.4, 0.5) is 0 Å². The van der Waals surface area contributed by atoms with Gasteiger partial charge in [-0.3, -0.25) is 14.0 Å². The van der Waals surface area contributed by atoms with E-state index in [9.17, 15) is 4.79 Å². The summed E-state index contributed by atoms with van der Waals surface area (Å²) >= 11 is 12.6. The summed E-state index contributed by atoms with van der Waals surface area (Å²) in [4.78, 5) is 13.3. The minimum absolute atomic E-state index is 0.120. The molecular formula is C28H28Cl2N4O3. The second-order valence-corrected chi connectivity index (χ2v) is 9.69. The van der Waals surface area contributed by atoms with Crippen molar-refractivity contribution in [2.45, 2.75) is 13.5 Å². The molecule has 37 heavy (non-hydrogen) atoms. The number of benzene rings is 2. The Bertz CT molecular complexity index is 1650. The minimum Gasteiger partial charge on any atom is -0.379 e. The maximum absolute atomic E-state index is 13.3. The highest BCUT2D eigenvalue weighted by Gasteiger charge is 2.18. The van der Waals surface area contributed by atoms with Gasteiger partial charge in [-0.15, -0.1) is 0 Å². The van der Waals surface area contributed by atoms with Gasteiger partial charge in [0.15, 0.2) is 0 Å².